The van der Waals surface area contributed by atoms with E-state index in [4.69, 9.17) is 4.74 Å². The Bertz CT molecular complexity index is 552. The Morgan fingerprint density at radius 1 is 1.00 bits per heavy atom. The highest BCUT2D eigenvalue weighted by atomic mass is 79.9. The van der Waals surface area contributed by atoms with E-state index in [1.165, 1.54) is 5.56 Å². The van der Waals surface area contributed by atoms with Crippen molar-refractivity contribution < 1.29 is 4.74 Å². The van der Waals surface area contributed by atoms with Crippen molar-refractivity contribution in [2.75, 3.05) is 19.0 Å². The average Bonchev–Trinajstić information content (AvgIpc) is 2.34. The summed E-state index contributed by atoms with van der Waals surface area (Å²) in [6.45, 7) is 2.08. The maximum atomic E-state index is 5.97. The molecule has 0 radical (unpaired) electrons. The number of rotatable bonds is 3. The summed E-state index contributed by atoms with van der Waals surface area (Å²) in [7, 11) is 4.03. The van der Waals surface area contributed by atoms with Gasteiger partial charge in [-0.05, 0) is 52.7 Å². The highest BCUT2D eigenvalue weighted by Crippen LogP contribution is 2.35. The number of nitrogens with zero attached hydrogens (tertiary/aromatic N) is 1. The molecule has 3 heteroatoms. The first-order chi connectivity index (χ1) is 8.58. The molecule has 94 valence electrons. The lowest BCUT2D eigenvalue weighted by atomic mass is 10.2. The number of benzene rings is 2. The molecule has 0 bridgehead atoms. The zero-order chi connectivity index (χ0) is 13.1. The predicted octanol–water partition coefficient (Wildman–Crippen LogP) is 4.62. The number of ether oxygens (including phenoxy) is 1. The largest absolute Gasteiger partial charge is 0.454 e. The van der Waals surface area contributed by atoms with Gasteiger partial charge < -0.3 is 9.64 Å². The van der Waals surface area contributed by atoms with E-state index in [0.29, 0.717) is 0 Å². The van der Waals surface area contributed by atoms with Crippen LogP contribution in [-0.2, 0) is 0 Å². The number of hydrogen-bond acceptors (Lipinski definition) is 2. The van der Waals surface area contributed by atoms with Crippen molar-refractivity contribution in [2.24, 2.45) is 0 Å². The predicted molar refractivity (Wildman–Crippen MR) is 79.7 cm³/mol. The van der Waals surface area contributed by atoms with Crippen LogP contribution in [0.2, 0.25) is 0 Å². The van der Waals surface area contributed by atoms with Crippen LogP contribution in [0.25, 0.3) is 0 Å². The molecule has 0 aliphatic carbocycles. The van der Waals surface area contributed by atoms with Crippen molar-refractivity contribution in [1.29, 1.82) is 0 Å². The average molecular weight is 306 g/mol. The van der Waals surface area contributed by atoms with Crippen LogP contribution in [0.1, 0.15) is 5.56 Å². The Labute approximate surface area is 116 Å². The van der Waals surface area contributed by atoms with Gasteiger partial charge in [0.2, 0.25) is 0 Å². The van der Waals surface area contributed by atoms with Crippen molar-refractivity contribution in [3.8, 4) is 11.5 Å². The normalized spacial score (nSPS) is 10.2. The van der Waals surface area contributed by atoms with Crippen LogP contribution in [0.15, 0.2) is 46.9 Å². The second-order valence-corrected chi connectivity index (χ2v) is 5.25. The van der Waals surface area contributed by atoms with Gasteiger partial charge in [0, 0.05) is 14.1 Å². The summed E-state index contributed by atoms with van der Waals surface area (Å²) in [5, 5.41) is 0. The van der Waals surface area contributed by atoms with E-state index < -0.39 is 0 Å². The van der Waals surface area contributed by atoms with E-state index in [-0.39, 0.29) is 0 Å². The Hall–Kier alpha value is -1.48. The van der Waals surface area contributed by atoms with Gasteiger partial charge >= 0.3 is 0 Å². The highest BCUT2D eigenvalue weighted by molar-refractivity contribution is 9.10. The monoisotopic (exact) mass is 305 g/mol. The zero-order valence-corrected chi connectivity index (χ0v) is 12.4. The van der Waals surface area contributed by atoms with Gasteiger partial charge in [0.15, 0.2) is 5.75 Å². The third-order valence-electron chi connectivity index (χ3n) is 2.65. The maximum Gasteiger partial charge on any atom is 0.150 e. The minimum atomic E-state index is 0.824. The van der Waals surface area contributed by atoms with Crippen molar-refractivity contribution in [2.45, 2.75) is 6.92 Å². The number of anilines is 1. The van der Waals surface area contributed by atoms with Crippen LogP contribution in [0.4, 0.5) is 5.69 Å². The van der Waals surface area contributed by atoms with Crippen LogP contribution >= 0.6 is 15.9 Å². The lowest BCUT2D eigenvalue weighted by Gasteiger charge is -2.18. The van der Waals surface area contributed by atoms with E-state index in [2.05, 4.69) is 39.9 Å². The van der Waals surface area contributed by atoms with Gasteiger partial charge in [-0.3, -0.25) is 0 Å². The molecule has 18 heavy (non-hydrogen) atoms. The third kappa shape index (κ3) is 2.85. The summed E-state index contributed by atoms with van der Waals surface area (Å²) in [4.78, 5) is 2.05. The summed E-state index contributed by atoms with van der Waals surface area (Å²) >= 11 is 3.49. The maximum absolute atomic E-state index is 5.97. The molecule has 0 spiro atoms. The number of para-hydroxylation sites is 1. The molecule has 0 saturated heterocycles. The summed E-state index contributed by atoms with van der Waals surface area (Å²) in [6, 6.07) is 14.0. The molecular weight excluding hydrogens is 290 g/mol. The molecule has 0 aliphatic rings. The molecular formula is C15H16BrNO. The number of aryl methyl sites for hydroxylation is 1. The van der Waals surface area contributed by atoms with Crippen LogP contribution in [-0.4, -0.2) is 14.1 Å². The Morgan fingerprint density at radius 3 is 2.39 bits per heavy atom. The van der Waals surface area contributed by atoms with Crippen LogP contribution < -0.4 is 9.64 Å². The summed E-state index contributed by atoms with van der Waals surface area (Å²) in [6.07, 6.45) is 0. The first-order valence-corrected chi connectivity index (χ1v) is 6.57. The van der Waals surface area contributed by atoms with E-state index in [0.717, 1.165) is 21.7 Å². The molecule has 0 aromatic heterocycles. The van der Waals surface area contributed by atoms with Crippen molar-refractivity contribution >= 4 is 21.6 Å². The lowest BCUT2D eigenvalue weighted by Crippen LogP contribution is -2.10. The van der Waals surface area contributed by atoms with Gasteiger partial charge in [-0.15, -0.1) is 0 Å². The molecule has 2 aromatic rings. The van der Waals surface area contributed by atoms with Gasteiger partial charge in [-0.1, -0.05) is 18.2 Å². The molecule has 0 N–H and O–H groups in total. The molecule has 2 aromatic carbocycles. The second-order valence-electron chi connectivity index (χ2n) is 4.40. The van der Waals surface area contributed by atoms with Gasteiger partial charge in [-0.2, -0.15) is 0 Å². The number of halogens is 1. The summed E-state index contributed by atoms with van der Waals surface area (Å²) in [5.41, 5.74) is 2.30. The Morgan fingerprint density at radius 2 is 1.72 bits per heavy atom. The molecule has 2 nitrogen and oxygen atoms in total. The molecule has 0 saturated carbocycles. The fourth-order valence-corrected chi connectivity index (χ4v) is 2.07. The van der Waals surface area contributed by atoms with Gasteiger partial charge in [0.25, 0.3) is 0 Å². The second kappa shape index (κ2) is 5.44. The van der Waals surface area contributed by atoms with E-state index >= 15 is 0 Å². The fourth-order valence-electron chi connectivity index (χ4n) is 1.71. The molecule has 0 heterocycles. The molecule has 0 unspecified atom stereocenters. The minimum Gasteiger partial charge on any atom is -0.454 e. The van der Waals surface area contributed by atoms with E-state index in [1.807, 2.05) is 44.4 Å². The first-order valence-electron chi connectivity index (χ1n) is 5.78. The minimum absolute atomic E-state index is 0.824. The van der Waals surface area contributed by atoms with Crippen molar-refractivity contribution in [3.63, 3.8) is 0 Å². The Kier molecular flexibility index (Phi) is 3.92. The van der Waals surface area contributed by atoms with Gasteiger partial charge in [0.05, 0.1) is 10.2 Å². The van der Waals surface area contributed by atoms with Crippen LogP contribution in [0.3, 0.4) is 0 Å². The van der Waals surface area contributed by atoms with E-state index in [1.54, 1.807) is 0 Å². The summed E-state index contributed by atoms with van der Waals surface area (Å²) < 4.78 is 6.92. The molecule has 0 amide bonds. The smallest absolute Gasteiger partial charge is 0.150 e. The number of hydrogen-bond donors (Lipinski definition) is 0. The zero-order valence-electron chi connectivity index (χ0n) is 10.8. The molecule has 0 fully saturated rings. The first kappa shape index (κ1) is 13.0. The van der Waals surface area contributed by atoms with Crippen LogP contribution in [0.5, 0.6) is 11.5 Å². The highest BCUT2D eigenvalue weighted by Gasteiger charge is 2.08. The quantitative estimate of drug-likeness (QED) is 0.820. The fraction of sp³-hybridized carbons (Fsp3) is 0.200. The molecule has 0 atom stereocenters. The van der Waals surface area contributed by atoms with E-state index in [9.17, 15) is 0 Å². The molecule has 0 aliphatic heterocycles. The van der Waals surface area contributed by atoms with Gasteiger partial charge in [0.1, 0.15) is 5.75 Å². The van der Waals surface area contributed by atoms with Crippen molar-refractivity contribution in [1.82, 2.24) is 0 Å². The summed E-state index contributed by atoms with van der Waals surface area (Å²) in [5.74, 6) is 1.68. The SMILES string of the molecule is Cc1ccc(Oc2ccccc2Br)c(N(C)C)c1. The lowest BCUT2D eigenvalue weighted by molar-refractivity contribution is 0.480. The topological polar surface area (TPSA) is 12.5 Å². The third-order valence-corrected chi connectivity index (χ3v) is 3.31. The molecule has 2 rings (SSSR count). The standard InChI is InChI=1S/C15H16BrNO/c1-11-8-9-15(13(10-11)17(2)3)18-14-7-5-4-6-12(14)16/h4-10H,1-3H3. The Balaban J connectivity index is 2.37. The van der Waals surface area contributed by atoms with Gasteiger partial charge in [-0.25, -0.2) is 0 Å². The van der Waals surface area contributed by atoms with Crippen molar-refractivity contribution in [3.05, 3.63) is 52.5 Å². The van der Waals surface area contributed by atoms with Crippen LogP contribution in [0, 0.1) is 6.92 Å².